The molecule has 0 aliphatic heterocycles. The summed E-state index contributed by atoms with van der Waals surface area (Å²) in [5.74, 6) is 0.677. The molecule has 0 bridgehead atoms. The average molecular weight is 381 g/mol. The lowest BCUT2D eigenvalue weighted by Gasteiger charge is -2.11. The minimum Gasteiger partial charge on any atom is -0.346 e. The Morgan fingerprint density at radius 2 is 1.93 bits per heavy atom. The number of aromatic nitrogens is 4. The van der Waals surface area contributed by atoms with Gasteiger partial charge in [-0.1, -0.05) is 30.7 Å². The van der Waals surface area contributed by atoms with Crippen LogP contribution in [0.4, 0.5) is 4.39 Å². The Labute approximate surface area is 161 Å². The topological polar surface area (TPSA) is 54.5 Å². The van der Waals surface area contributed by atoms with E-state index in [0.29, 0.717) is 17.9 Å². The van der Waals surface area contributed by atoms with Crippen molar-refractivity contribution in [2.75, 3.05) is 0 Å². The summed E-state index contributed by atoms with van der Waals surface area (Å²) in [5.41, 5.74) is 3.88. The van der Waals surface area contributed by atoms with Crippen molar-refractivity contribution in [3.63, 3.8) is 0 Å². The molecule has 1 aromatic carbocycles. The van der Waals surface area contributed by atoms with E-state index in [1.165, 1.54) is 6.07 Å². The van der Waals surface area contributed by atoms with Crippen molar-refractivity contribution in [2.24, 2.45) is 0 Å². The highest BCUT2D eigenvalue weighted by molar-refractivity contribution is 6.31. The Kier molecular flexibility index (Phi) is 4.86. The van der Waals surface area contributed by atoms with Crippen molar-refractivity contribution in [3.05, 3.63) is 88.5 Å². The molecule has 1 N–H and O–H groups in total. The minimum atomic E-state index is -0.219. The van der Waals surface area contributed by atoms with Crippen molar-refractivity contribution in [1.82, 2.24) is 19.9 Å². The normalized spacial score (nSPS) is 12.4. The van der Waals surface area contributed by atoms with Gasteiger partial charge >= 0.3 is 0 Å². The van der Waals surface area contributed by atoms with Crippen molar-refractivity contribution in [2.45, 2.75) is 25.7 Å². The zero-order valence-corrected chi connectivity index (χ0v) is 15.5. The number of fused-ring (bicyclic) bond motifs is 1. The van der Waals surface area contributed by atoms with E-state index in [9.17, 15) is 4.39 Å². The summed E-state index contributed by atoms with van der Waals surface area (Å²) in [5, 5.41) is 1.62. The van der Waals surface area contributed by atoms with Gasteiger partial charge in [-0.25, -0.2) is 19.3 Å². The second-order valence-electron chi connectivity index (χ2n) is 6.71. The SMILES string of the molecule is CC(Cc1ncc(Cc2c[nH]c3ncc(Cl)cc23)cn1)c1cccc(F)c1. The molecular weight excluding hydrogens is 363 g/mol. The maximum atomic E-state index is 13.4. The fourth-order valence-corrected chi connectivity index (χ4v) is 3.34. The van der Waals surface area contributed by atoms with Crippen LogP contribution in [0, 0.1) is 5.82 Å². The Morgan fingerprint density at radius 3 is 2.70 bits per heavy atom. The smallest absolute Gasteiger partial charge is 0.137 e. The van der Waals surface area contributed by atoms with E-state index in [-0.39, 0.29) is 11.7 Å². The van der Waals surface area contributed by atoms with Crippen LogP contribution in [0.25, 0.3) is 11.0 Å². The van der Waals surface area contributed by atoms with Gasteiger partial charge in [0.2, 0.25) is 0 Å². The van der Waals surface area contributed by atoms with Crippen LogP contribution >= 0.6 is 11.6 Å². The van der Waals surface area contributed by atoms with Gasteiger partial charge in [0, 0.05) is 43.0 Å². The third kappa shape index (κ3) is 3.98. The monoisotopic (exact) mass is 380 g/mol. The van der Waals surface area contributed by atoms with Crippen LogP contribution in [0.15, 0.2) is 55.1 Å². The van der Waals surface area contributed by atoms with E-state index in [2.05, 4.69) is 26.9 Å². The molecule has 6 heteroatoms. The lowest BCUT2D eigenvalue weighted by molar-refractivity contribution is 0.619. The molecule has 27 heavy (non-hydrogen) atoms. The van der Waals surface area contributed by atoms with E-state index in [1.54, 1.807) is 18.3 Å². The molecule has 0 aliphatic rings. The summed E-state index contributed by atoms with van der Waals surface area (Å²) in [7, 11) is 0. The van der Waals surface area contributed by atoms with Crippen molar-refractivity contribution < 1.29 is 4.39 Å². The first kappa shape index (κ1) is 17.6. The fraction of sp³-hybridized carbons (Fsp3) is 0.190. The molecule has 0 saturated heterocycles. The molecule has 0 amide bonds. The Morgan fingerprint density at radius 1 is 1.11 bits per heavy atom. The van der Waals surface area contributed by atoms with E-state index in [1.807, 2.05) is 30.7 Å². The van der Waals surface area contributed by atoms with Gasteiger partial charge in [0.25, 0.3) is 0 Å². The number of nitrogens with one attached hydrogen (secondary N) is 1. The number of hydrogen-bond acceptors (Lipinski definition) is 3. The third-order valence-electron chi connectivity index (χ3n) is 4.64. The second-order valence-corrected chi connectivity index (χ2v) is 7.14. The maximum Gasteiger partial charge on any atom is 0.137 e. The van der Waals surface area contributed by atoms with Gasteiger partial charge < -0.3 is 4.98 Å². The standard InChI is InChI=1S/C21H18ClFN4/c1-13(15-3-2-4-18(23)7-15)5-20-24-9-14(10-25-20)6-16-11-26-21-19(16)8-17(22)12-27-21/h2-4,7-13H,5-6H2,1H3,(H,26,27). The van der Waals surface area contributed by atoms with E-state index in [0.717, 1.165) is 33.5 Å². The summed E-state index contributed by atoms with van der Waals surface area (Å²) in [4.78, 5) is 16.4. The molecule has 4 aromatic rings. The fourth-order valence-electron chi connectivity index (χ4n) is 3.18. The first-order valence-corrected chi connectivity index (χ1v) is 9.13. The molecule has 0 radical (unpaired) electrons. The molecule has 0 aliphatic carbocycles. The van der Waals surface area contributed by atoms with Crippen LogP contribution in [-0.2, 0) is 12.8 Å². The molecule has 4 nitrogen and oxygen atoms in total. The molecule has 4 rings (SSSR count). The van der Waals surface area contributed by atoms with Gasteiger partial charge in [-0.3, -0.25) is 0 Å². The highest BCUT2D eigenvalue weighted by Crippen LogP contribution is 2.23. The molecule has 3 aromatic heterocycles. The van der Waals surface area contributed by atoms with E-state index < -0.39 is 0 Å². The third-order valence-corrected chi connectivity index (χ3v) is 4.85. The average Bonchev–Trinajstić information content (AvgIpc) is 3.05. The number of hydrogen-bond donors (Lipinski definition) is 1. The number of nitrogens with zero attached hydrogens (tertiary/aromatic N) is 3. The largest absolute Gasteiger partial charge is 0.346 e. The molecule has 136 valence electrons. The Balaban J connectivity index is 1.48. The number of H-pyrrole nitrogens is 1. The zero-order valence-electron chi connectivity index (χ0n) is 14.8. The Bertz CT molecular complexity index is 1080. The summed E-state index contributed by atoms with van der Waals surface area (Å²) in [6.45, 7) is 2.05. The van der Waals surface area contributed by atoms with Crippen molar-refractivity contribution >= 4 is 22.6 Å². The van der Waals surface area contributed by atoms with Crippen molar-refractivity contribution in [3.8, 4) is 0 Å². The second kappa shape index (κ2) is 7.45. The lowest BCUT2D eigenvalue weighted by Crippen LogP contribution is -2.04. The first-order chi connectivity index (χ1) is 13.1. The van der Waals surface area contributed by atoms with Crippen LogP contribution < -0.4 is 0 Å². The van der Waals surface area contributed by atoms with Gasteiger partial charge in [0.05, 0.1) is 5.02 Å². The van der Waals surface area contributed by atoms with Gasteiger partial charge in [0.1, 0.15) is 17.3 Å². The number of aromatic amines is 1. The predicted molar refractivity (Wildman–Crippen MR) is 104 cm³/mol. The van der Waals surface area contributed by atoms with E-state index in [4.69, 9.17) is 11.6 Å². The molecule has 0 fully saturated rings. The lowest BCUT2D eigenvalue weighted by atomic mass is 9.97. The molecule has 1 unspecified atom stereocenters. The van der Waals surface area contributed by atoms with Gasteiger partial charge in [-0.2, -0.15) is 0 Å². The number of halogens is 2. The highest BCUT2D eigenvalue weighted by atomic mass is 35.5. The van der Waals surface area contributed by atoms with Gasteiger partial charge in [0.15, 0.2) is 0 Å². The minimum absolute atomic E-state index is 0.147. The van der Waals surface area contributed by atoms with Crippen molar-refractivity contribution in [1.29, 1.82) is 0 Å². The predicted octanol–water partition coefficient (Wildman–Crippen LogP) is 5.08. The number of rotatable bonds is 5. The van der Waals surface area contributed by atoms with E-state index >= 15 is 0 Å². The molecule has 3 heterocycles. The van der Waals surface area contributed by atoms with Crippen LogP contribution in [0.2, 0.25) is 5.02 Å². The number of benzene rings is 1. The van der Waals surface area contributed by atoms with Crippen LogP contribution in [-0.4, -0.2) is 19.9 Å². The molecule has 0 spiro atoms. The van der Waals surface area contributed by atoms with Crippen LogP contribution in [0.3, 0.4) is 0 Å². The quantitative estimate of drug-likeness (QED) is 0.525. The van der Waals surface area contributed by atoms with Gasteiger partial charge in [-0.15, -0.1) is 0 Å². The molecule has 1 atom stereocenters. The first-order valence-electron chi connectivity index (χ1n) is 8.75. The summed E-state index contributed by atoms with van der Waals surface area (Å²) in [6.07, 6.45) is 8.61. The Hall–Kier alpha value is -2.79. The highest BCUT2D eigenvalue weighted by Gasteiger charge is 2.11. The maximum absolute atomic E-state index is 13.4. The summed E-state index contributed by atoms with van der Waals surface area (Å²) in [6, 6.07) is 8.58. The zero-order chi connectivity index (χ0) is 18.8. The molecular formula is C21H18ClFN4. The molecule has 0 saturated carbocycles. The van der Waals surface area contributed by atoms with Crippen LogP contribution in [0.1, 0.15) is 35.4 Å². The summed E-state index contributed by atoms with van der Waals surface area (Å²) >= 11 is 6.06. The number of pyridine rings is 1. The van der Waals surface area contributed by atoms with Crippen LogP contribution in [0.5, 0.6) is 0 Å². The van der Waals surface area contributed by atoms with Gasteiger partial charge in [-0.05, 0) is 40.8 Å². The summed E-state index contributed by atoms with van der Waals surface area (Å²) < 4.78 is 13.4.